The molecule has 1 aliphatic rings. The molecule has 15 heteroatoms. The molecule has 1 aliphatic heterocycles. The Morgan fingerprint density at radius 2 is 1.80 bits per heavy atom. The number of benzene rings is 3. The van der Waals surface area contributed by atoms with Gasteiger partial charge in [0, 0.05) is 29.1 Å². The van der Waals surface area contributed by atoms with Gasteiger partial charge in [0.25, 0.3) is 21.6 Å². The zero-order valence-electron chi connectivity index (χ0n) is 20.9. The molecule has 0 aliphatic carbocycles. The van der Waals surface area contributed by atoms with Gasteiger partial charge in [0.05, 0.1) is 26.8 Å². The predicted molar refractivity (Wildman–Crippen MR) is 148 cm³/mol. The summed E-state index contributed by atoms with van der Waals surface area (Å²) >= 11 is 1.09. The molecule has 4 aromatic rings. The smallest absolute Gasteiger partial charge is 0.340 e. The summed E-state index contributed by atoms with van der Waals surface area (Å²) in [4.78, 5) is 39.8. The quantitative estimate of drug-likeness (QED) is 0.163. The van der Waals surface area contributed by atoms with Crippen LogP contribution in [0.3, 0.4) is 0 Å². The van der Waals surface area contributed by atoms with Crippen molar-refractivity contribution in [3.8, 4) is 22.8 Å². The van der Waals surface area contributed by atoms with E-state index in [1.165, 1.54) is 60.7 Å². The van der Waals surface area contributed by atoms with E-state index in [2.05, 4.69) is 15.0 Å². The van der Waals surface area contributed by atoms with Crippen LogP contribution in [0.5, 0.6) is 11.5 Å². The molecule has 3 aromatic carbocycles. The number of thiazole rings is 1. The van der Waals surface area contributed by atoms with Crippen LogP contribution in [-0.4, -0.2) is 50.0 Å². The average Bonchev–Trinajstić information content (AvgIpc) is 3.44. The Morgan fingerprint density at radius 1 is 1.02 bits per heavy atom. The number of nitro groups is 1. The van der Waals surface area contributed by atoms with Gasteiger partial charge in [-0.3, -0.25) is 24.9 Å². The third-order valence-electron chi connectivity index (χ3n) is 5.65. The third kappa shape index (κ3) is 6.42. The molecular formula is C26H20N4O9S2. The van der Waals surface area contributed by atoms with Gasteiger partial charge >= 0.3 is 5.97 Å². The zero-order chi connectivity index (χ0) is 29.0. The van der Waals surface area contributed by atoms with Crippen molar-refractivity contribution in [3.05, 3.63) is 87.8 Å². The van der Waals surface area contributed by atoms with Gasteiger partial charge in [0.15, 0.2) is 23.2 Å². The fourth-order valence-corrected chi connectivity index (χ4v) is 5.58. The van der Waals surface area contributed by atoms with Crippen LogP contribution in [0.4, 0.5) is 16.5 Å². The monoisotopic (exact) mass is 596 g/mol. The number of fused-ring (bicyclic) bond motifs is 1. The topological polar surface area (TPSA) is 176 Å². The minimum absolute atomic E-state index is 0.0469. The van der Waals surface area contributed by atoms with Crippen LogP contribution in [0.25, 0.3) is 11.3 Å². The van der Waals surface area contributed by atoms with Crippen LogP contribution in [0, 0.1) is 10.1 Å². The van der Waals surface area contributed by atoms with Gasteiger partial charge in [-0.1, -0.05) is 24.3 Å². The number of rotatable bonds is 9. The van der Waals surface area contributed by atoms with Crippen molar-refractivity contribution in [2.75, 3.05) is 29.9 Å². The molecule has 1 aromatic heterocycles. The Bertz CT molecular complexity index is 1760. The molecule has 0 radical (unpaired) electrons. The molecule has 2 N–H and O–H groups in total. The molecule has 0 saturated heterocycles. The molecule has 13 nitrogen and oxygen atoms in total. The third-order valence-corrected chi connectivity index (χ3v) is 7.77. The van der Waals surface area contributed by atoms with Crippen molar-refractivity contribution >= 4 is 49.7 Å². The van der Waals surface area contributed by atoms with Crippen molar-refractivity contribution in [1.29, 1.82) is 0 Å². The summed E-state index contributed by atoms with van der Waals surface area (Å²) in [6.45, 7) is -0.0301. The molecule has 210 valence electrons. The number of nitrogens with one attached hydrogen (secondary N) is 2. The molecule has 0 fully saturated rings. The molecule has 1 amide bonds. The van der Waals surface area contributed by atoms with E-state index in [0.717, 1.165) is 11.3 Å². The minimum atomic E-state index is -4.12. The lowest BCUT2D eigenvalue weighted by Crippen LogP contribution is -2.22. The van der Waals surface area contributed by atoms with E-state index in [4.69, 9.17) is 14.2 Å². The van der Waals surface area contributed by atoms with Gasteiger partial charge < -0.3 is 14.2 Å². The molecular weight excluding hydrogens is 576 g/mol. The number of nitrogens with zero attached hydrogens (tertiary/aromatic N) is 2. The van der Waals surface area contributed by atoms with Crippen molar-refractivity contribution in [2.24, 2.45) is 0 Å². The van der Waals surface area contributed by atoms with E-state index in [0.29, 0.717) is 23.6 Å². The normalized spacial score (nSPS) is 12.3. The summed E-state index contributed by atoms with van der Waals surface area (Å²) < 4.78 is 44.4. The van der Waals surface area contributed by atoms with E-state index >= 15 is 0 Å². The standard InChI is InChI=1S/C26H20N4O9S2/c31-24(28-26-27-21(15-40-26)16-4-3-5-17(12-16)30(33)34)14-39-25(32)19-6-1-2-7-20(19)29-41(35,36)18-8-9-22-23(13-18)38-11-10-37-22/h1-9,12-13,15,29H,10-11,14H2,(H,27,28,31). The first-order chi connectivity index (χ1) is 19.7. The second-order valence-corrected chi connectivity index (χ2v) is 11.0. The van der Waals surface area contributed by atoms with E-state index in [9.17, 15) is 28.1 Å². The SMILES string of the molecule is O=C(COC(=O)c1ccccc1NS(=O)(=O)c1ccc2c(c1)OCCO2)Nc1nc(-c2cccc([N+](=O)[O-])c2)cs1. The van der Waals surface area contributed by atoms with Gasteiger partial charge in [0.1, 0.15) is 13.2 Å². The molecule has 2 heterocycles. The minimum Gasteiger partial charge on any atom is -0.486 e. The summed E-state index contributed by atoms with van der Waals surface area (Å²) in [6.07, 6.45) is 0. The molecule has 0 saturated carbocycles. The summed E-state index contributed by atoms with van der Waals surface area (Å²) in [5, 5.41) is 15.3. The van der Waals surface area contributed by atoms with E-state index in [1.807, 2.05) is 0 Å². The van der Waals surface area contributed by atoms with Crippen molar-refractivity contribution in [1.82, 2.24) is 4.98 Å². The second kappa shape index (κ2) is 11.6. The number of hydrogen-bond donors (Lipinski definition) is 2. The van der Waals surface area contributed by atoms with Crippen LogP contribution in [0.15, 0.2) is 77.0 Å². The maximum atomic E-state index is 13.0. The number of aromatic nitrogens is 1. The van der Waals surface area contributed by atoms with Crippen LogP contribution < -0.4 is 19.5 Å². The van der Waals surface area contributed by atoms with Crippen molar-refractivity contribution < 1.29 is 37.1 Å². The molecule has 0 spiro atoms. The Morgan fingerprint density at radius 3 is 2.61 bits per heavy atom. The first-order valence-corrected chi connectivity index (χ1v) is 14.2. The largest absolute Gasteiger partial charge is 0.486 e. The molecule has 0 bridgehead atoms. The highest BCUT2D eigenvalue weighted by molar-refractivity contribution is 7.92. The first kappa shape index (κ1) is 27.5. The van der Waals surface area contributed by atoms with E-state index < -0.39 is 33.4 Å². The van der Waals surface area contributed by atoms with Crippen LogP contribution in [0.1, 0.15) is 10.4 Å². The maximum Gasteiger partial charge on any atom is 0.340 e. The fourth-order valence-electron chi connectivity index (χ4n) is 3.75. The summed E-state index contributed by atoms with van der Waals surface area (Å²) in [5.74, 6) is -0.907. The van der Waals surface area contributed by atoms with Crippen molar-refractivity contribution in [3.63, 3.8) is 0 Å². The molecule has 0 atom stereocenters. The Kier molecular flexibility index (Phi) is 7.80. The van der Waals surface area contributed by atoms with Gasteiger partial charge in [-0.05, 0) is 24.3 Å². The number of esters is 1. The number of non-ortho nitro benzene ring substituents is 1. The van der Waals surface area contributed by atoms with Gasteiger partial charge in [-0.15, -0.1) is 11.3 Å². The molecule has 41 heavy (non-hydrogen) atoms. The lowest BCUT2D eigenvalue weighted by Gasteiger charge is -2.19. The lowest BCUT2D eigenvalue weighted by atomic mass is 10.1. The Labute approximate surface area is 236 Å². The number of anilines is 2. The predicted octanol–water partition coefficient (Wildman–Crippen LogP) is 4.09. The summed E-state index contributed by atoms with van der Waals surface area (Å²) in [6, 6.07) is 15.8. The highest BCUT2D eigenvalue weighted by atomic mass is 32.2. The Balaban J connectivity index is 1.22. The van der Waals surface area contributed by atoms with Gasteiger partial charge in [-0.2, -0.15) is 0 Å². The molecule has 0 unspecified atom stereocenters. The average molecular weight is 597 g/mol. The molecule has 5 rings (SSSR count). The van der Waals surface area contributed by atoms with Gasteiger partial charge in [-0.25, -0.2) is 18.2 Å². The number of sulfonamides is 1. The fraction of sp³-hybridized carbons (Fsp3) is 0.115. The summed E-state index contributed by atoms with van der Waals surface area (Å²) in [7, 11) is -4.12. The Hall–Kier alpha value is -5.02. The highest BCUT2D eigenvalue weighted by Gasteiger charge is 2.23. The zero-order valence-corrected chi connectivity index (χ0v) is 22.6. The summed E-state index contributed by atoms with van der Waals surface area (Å²) in [5.41, 5.74) is 0.669. The van der Waals surface area contributed by atoms with Crippen LogP contribution in [0.2, 0.25) is 0 Å². The van der Waals surface area contributed by atoms with Crippen molar-refractivity contribution in [2.45, 2.75) is 4.90 Å². The number of para-hydroxylation sites is 1. The lowest BCUT2D eigenvalue weighted by molar-refractivity contribution is -0.384. The highest BCUT2D eigenvalue weighted by Crippen LogP contribution is 2.33. The van der Waals surface area contributed by atoms with Gasteiger partial charge in [0.2, 0.25) is 0 Å². The number of carbonyl (C=O) groups is 2. The van der Waals surface area contributed by atoms with E-state index in [1.54, 1.807) is 11.4 Å². The number of nitro benzene ring substituents is 1. The number of ether oxygens (including phenoxy) is 3. The second-order valence-electron chi connectivity index (χ2n) is 8.43. The first-order valence-electron chi connectivity index (χ1n) is 11.9. The number of hydrogen-bond acceptors (Lipinski definition) is 11. The van der Waals surface area contributed by atoms with E-state index in [-0.39, 0.29) is 39.3 Å². The number of amides is 1. The van der Waals surface area contributed by atoms with Crippen LogP contribution >= 0.6 is 11.3 Å². The maximum absolute atomic E-state index is 13.0. The number of carbonyl (C=O) groups excluding carboxylic acids is 2. The van der Waals surface area contributed by atoms with Crippen LogP contribution in [-0.2, 0) is 19.6 Å².